The van der Waals surface area contributed by atoms with Crippen LogP contribution in [0.2, 0.25) is 0 Å². The summed E-state index contributed by atoms with van der Waals surface area (Å²) in [5.74, 6) is 0.991. The molecule has 5 rings (SSSR count). The number of piperazine rings is 1. The van der Waals surface area contributed by atoms with Crippen LogP contribution in [0, 0.1) is 0 Å². The van der Waals surface area contributed by atoms with Crippen molar-refractivity contribution >= 4 is 38.4 Å². The van der Waals surface area contributed by atoms with Gasteiger partial charge in [0.15, 0.2) is 10.3 Å². The van der Waals surface area contributed by atoms with Gasteiger partial charge in [0, 0.05) is 50.1 Å². The van der Waals surface area contributed by atoms with Gasteiger partial charge in [-0.2, -0.15) is 0 Å². The topological polar surface area (TPSA) is 54.3 Å². The standard InChI is InChI=1S/C25H33N5OS2/c1-3-30-23(31)19-8-4-5-9-20(19)26-25(30)32-17-12-18(2)28-13-15-29(16-14-28)24-27-21-10-6-7-11-22(21)33-24/h6-7,10-11,18H,3-5,8-9,12-17H2,1-2H3. The molecule has 6 nitrogen and oxygen atoms in total. The lowest BCUT2D eigenvalue weighted by Crippen LogP contribution is -2.49. The number of hydrogen-bond donors (Lipinski definition) is 0. The van der Waals surface area contributed by atoms with Crippen LogP contribution in [0.1, 0.15) is 44.4 Å². The summed E-state index contributed by atoms with van der Waals surface area (Å²) in [5.41, 5.74) is 3.32. The van der Waals surface area contributed by atoms with Crippen molar-refractivity contribution in [2.24, 2.45) is 0 Å². The number of anilines is 1. The summed E-state index contributed by atoms with van der Waals surface area (Å²) in [6.07, 6.45) is 5.22. The molecule has 1 fully saturated rings. The minimum absolute atomic E-state index is 0.198. The van der Waals surface area contributed by atoms with Gasteiger partial charge in [-0.1, -0.05) is 35.2 Å². The maximum atomic E-state index is 12.9. The average molecular weight is 484 g/mol. The summed E-state index contributed by atoms with van der Waals surface area (Å²) in [5, 5.41) is 2.06. The molecular weight excluding hydrogens is 450 g/mol. The van der Waals surface area contributed by atoms with Gasteiger partial charge in [-0.15, -0.1) is 0 Å². The molecule has 0 bridgehead atoms. The first-order chi connectivity index (χ1) is 16.1. The Labute approximate surface area is 204 Å². The van der Waals surface area contributed by atoms with Crippen LogP contribution in [0.5, 0.6) is 0 Å². The highest BCUT2D eigenvalue weighted by atomic mass is 32.2. The lowest BCUT2D eigenvalue weighted by Gasteiger charge is -2.38. The zero-order valence-corrected chi connectivity index (χ0v) is 21.3. The minimum atomic E-state index is 0.198. The summed E-state index contributed by atoms with van der Waals surface area (Å²) in [6, 6.07) is 8.92. The van der Waals surface area contributed by atoms with Crippen LogP contribution in [0.25, 0.3) is 10.2 Å². The Hall–Kier alpha value is -1.90. The lowest BCUT2D eigenvalue weighted by atomic mass is 9.97. The monoisotopic (exact) mass is 483 g/mol. The molecule has 3 aromatic rings. The van der Waals surface area contributed by atoms with E-state index in [1.807, 2.05) is 4.57 Å². The summed E-state index contributed by atoms with van der Waals surface area (Å²) < 4.78 is 3.15. The van der Waals surface area contributed by atoms with Gasteiger partial charge in [0.05, 0.1) is 15.9 Å². The predicted molar refractivity (Wildman–Crippen MR) is 139 cm³/mol. The van der Waals surface area contributed by atoms with Crippen LogP contribution >= 0.6 is 23.1 Å². The summed E-state index contributed by atoms with van der Waals surface area (Å²) in [7, 11) is 0. The molecule has 176 valence electrons. The number of thioether (sulfide) groups is 1. The van der Waals surface area contributed by atoms with Crippen LogP contribution in [0.15, 0.2) is 34.2 Å². The van der Waals surface area contributed by atoms with E-state index in [0.717, 1.165) is 91.1 Å². The van der Waals surface area contributed by atoms with Crippen LogP contribution in [0.4, 0.5) is 5.13 Å². The van der Waals surface area contributed by atoms with Crippen LogP contribution in [-0.2, 0) is 19.4 Å². The molecule has 1 aliphatic carbocycles. The van der Waals surface area contributed by atoms with Gasteiger partial charge in [-0.05, 0) is 58.1 Å². The molecule has 1 saturated heterocycles. The number of aromatic nitrogens is 3. The van der Waals surface area contributed by atoms with Crippen LogP contribution in [0.3, 0.4) is 0 Å². The first-order valence-electron chi connectivity index (χ1n) is 12.2. The van der Waals surface area contributed by atoms with Gasteiger partial charge < -0.3 is 4.90 Å². The van der Waals surface area contributed by atoms with E-state index in [1.165, 1.54) is 4.70 Å². The van der Waals surface area contributed by atoms with E-state index in [1.54, 1.807) is 23.1 Å². The molecule has 1 aromatic carbocycles. The normalized spacial score (nSPS) is 17.9. The summed E-state index contributed by atoms with van der Waals surface area (Å²) in [6.45, 7) is 9.27. The molecule has 0 spiro atoms. The van der Waals surface area contributed by atoms with E-state index < -0.39 is 0 Å². The molecule has 0 amide bonds. The van der Waals surface area contributed by atoms with Crippen molar-refractivity contribution in [2.75, 3.05) is 36.8 Å². The van der Waals surface area contributed by atoms with E-state index >= 15 is 0 Å². The molecule has 8 heteroatoms. The Bertz CT molecular complexity index is 1130. The minimum Gasteiger partial charge on any atom is -0.345 e. The van der Waals surface area contributed by atoms with Crippen LogP contribution in [-0.4, -0.2) is 57.4 Å². The van der Waals surface area contributed by atoms with Crippen molar-refractivity contribution in [3.05, 3.63) is 45.9 Å². The van der Waals surface area contributed by atoms with Gasteiger partial charge in [-0.25, -0.2) is 9.97 Å². The predicted octanol–water partition coefficient (Wildman–Crippen LogP) is 4.44. The van der Waals surface area contributed by atoms with Crippen molar-refractivity contribution < 1.29 is 0 Å². The number of para-hydroxylation sites is 1. The van der Waals surface area contributed by atoms with Crippen molar-refractivity contribution in [1.29, 1.82) is 0 Å². The third-order valence-corrected chi connectivity index (χ3v) is 9.08. The number of thiazole rings is 1. The van der Waals surface area contributed by atoms with E-state index in [0.29, 0.717) is 12.6 Å². The Morgan fingerprint density at radius 1 is 1.09 bits per heavy atom. The molecule has 1 aliphatic heterocycles. The van der Waals surface area contributed by atoms with Gasteiger partial charge in [0.1, 0.15) is 0 Å². The van der Waals surface area contributed by atoms with Crippen molar-refractivity contribution in [1.82, 2.24) is 19.4 Å². The molecule has 0 saturated carbocycles. The molecule has 1 atom stereocenters. The fourth-order valence-electron chi connectivity index (χ4n) is 4.91. The zero-order chi connectivity index (χ0) is 22.8. The second-order valence-corrected chi connectivity index (χ2v) is 11.1. The first kappa shape index (κ1) is 22.9. The maximum absolute atomic E-state index is 12.9. The molecule has 3 heterocycles. The summed E-state index contributed by atoms with van der Waals surface area (Å²) in [4.78, 5) is 27.7. The quantitative estimate of drug-likeness (QED) is 0.366. The highest BCUT2D eigenvalue weighted by molar-refractivity contribution is 7.99. The van der Waals surface area contributed by atoms with Crippen LogP contribution < -0.4 is 10.5 Å². The molecule has 0 radical (unpaired) electrons. The van der Waals surface area contributed by atoms with Gasteiger partial charge in [0.25, 0.3) is 5.56 Å². The Morgan fingerprint density at radius 2 is 1.88 bits per heavy atom. The number of aryl methyl sites for hydroxylation is 1. The van der Waals surface area contributed by atoms with E-state index in [2.05, 4.69) is 47.9 Å². The van der Waals surface area contributed by atoms with Gasteiger partial charge >= 0.3 is 0 Å². The second-order valence-electron chi connectivity index (χ2n) is 9.05. The SMILES string of the molecule is CCn1c(SCCC(C)N2CCN(c3nc4ccccc4s3)CC2)nc2c(c1=O)CCCC2. The third kappa shape index (κ3) is 4.84. The number of benzene rings is 1. The molecule has 2 aliphatic rings. The van der Waals surface area contributed by atoms with Crippen molar-refractivity contribution in [3.8, 4) is 0 Å². The Morgan fingerprint density at radius 3 is 2.67 bits per heavy atom. The number of rotatable bonds is 7. The van der Waals surface area contributed by atoms with Crippen molar-refractivity contribution in [2.45, 2.75) is 63.7 Å². The highest BCUT2D eigenvalue weighted by Gasteiger charge is 2.24. The fraction of sp³-hybridized carbons (Fsp3) is 0.560. The molecule has 2 aromatic heterocycles. The maximum Gasteiger partial charge on any atom is 0.257 e. The number of hydrogen-bond acceptors (Lipinski definition) is 7. The molecule has 33 heavy (non-hydrogen) atoms. The van der Waals surface area contributed by atoms with E-state index in [4.69, 9.17) is 9.97 Å². The largest absolute Gasteiger partial charge is 0.345 e. The van der Waals surface area contributed by atoms with E-state index in [9.17, 15) is 4.79 Å². The lowest BCUT2D eigenvalue weighted by molar-refractivity contribution is 0.193. The second kappa shape index (κ2) is 10.2. The average Bonchev–Trinajstić information content (AvgIpc) is 3.29. The Kier molecular flexibility index (Phi) is 7.04. The third-order valence-electron chi connectivity index (χ3n) is 6.98. The summed E-state index contributed by atoms with van der Waals surface area (Å²) >= 11 is 3.55. The first-order valence-corrected chi connectivity index (χ1v) is 14.0. The van der Waals surface area contributed by atoms with Crippen molar-refractivity contribution in [3.63, 3.8) is 0 Å². The van der Waals surface area contributed by atoms with E-state index in [-0.39, 0.29) is 5.56 Å². The fourth-order valence-corrected chi connectivity index (χ4v) is 7.11. The highest BCUT2D eigenvalue weighted by Crippen LogP contribution is 2.29. The molecule has 0 N–H and O–H groups in total. The molecule has 1 unspecified atom stereocenters. The number of nitrogens with zero attached hydrogens (tertiary/aromatic N) is 5. The van der Waals surface area contributed by atoms with Gasteiger partial charge in [-0.3, -0.25) is 14.3 Å². The van der Waals surface area contributed by atoms with Gasteiger partial charge in [0.2, 0.25) is 0 Å². The number of fused-ring (bicyclic) bond motifs is 2. The molecular formula is C25H33N5OS2. The zero-order valence-electron chi connectivity index (χ0n) is 19.6. The smallest absolute Gasteiger partial charge is 0.257 e. The Balaban J connectivity index is 1.15.